The normalized spacial score (nSPS) is 12.8. The molecule has 0 saturated heterocycles. The lowest BCUT2D eigenvalue weighted by Gasteiger charge is -2.13. The van der Waals surface area contributed by atoms with Gasteiger partial charge in [-0.3, -0.25) is 4.57 Å². The molecule has 0 spiro atoms. The number of aromatic amines is 1. The smallest absolute Gasteiger partial charge is 0.351 e. The summed E-state index contributed by atoms with van der Waals surface area (Å²) in [5.41, 5.74) is 0.942. The minimum Gasteiger partial charge on any atom is -0.394 e. The van der Waals surface area contributed by atoms with Crippen LogP contribution in [0.15, 0.2) is 11.1 Å². The minimum atomic E-state index is -0.330. The number of nitrogens with zero attached hydrogens (tertiary/aromatic N) is 3. The Kier molecular flexibility index (Phi) is 3.61. The van der Waals surface area contributed by atoms with Gasteiger partial charge in [0.05, 0.1) is 12.9 Å². The topological polar surface area (TPSA) is 95.8 Å². The molecule has 2 heterocycles. The van der Waals surface area contributed by atoms with Crippen molar-refractivity contribution in [1.29, 1.82) is 0 Å². The molecule has 18 heavy (non-hydrogen) atoms. The van der Waals surface area contributed by atoms with Crippen LogP contribution in [0, 0.1) is 0 Å². The van der Waals surface area contributed by atoms with Crippen LogP contribution in [0.2, 0.25) is 0 Å². The van der Waals surface area contributed by atoms with Crippen molar-refractivity contribution in [3.63, 3.8) is 0 Å². The number of nitrogens with one attached hydrogen (secondary N) is 2. The molecule has 0 aliphatic carbocycles. The third kappa shape index (κ3) is 2.21. The van der Waals surface area contributed by atoms with E-state index in [0.29, 0.717) is 23.5 Å². The first-order valence-electron chi connectivity index (χ1n) is 5.98. The number of anilines is 1. The molecule has 0 aliphatic rings. The van der Waals surface area contributed by atoms with E-state index in [9.17, 15) is 4.79 Å². The molecule has 0 aliphatic heterocycles. The predicted octanol–water partition coefficient (Wildman–Crippen LogP) is 0.322. The zero-order valence-electron chi connectivity index (χ0n) is 10.5. The molecule has 0 amide bonds. The number of aliphatic hydroxyl groups is 1. The van der Waals surface area contributed by atoms with Crippen LogP contribution in [0.25, 0.3) is 11.2 Å². The first-order valence-corrected chi connectivity index (χ1v) is 5.98. The van der Waals surface area contributed by atoms with Gasteiger partial charge < -0.3 is 15.4 Å². The van der Waals surface area contributed by atoms with Crippen molar-refractivity contribution in [2.75, 3.05) is 11.9 Å². The quantitative estimate of drug-likeness (QED) is 0.711. The molecular formula is C11H17N5O2. The molecule has 3 N–H and O–H groups in total. The number of H-pyrrole nitrogens is 1. The van der Waals surface area contributed by atoms with Crippen molar-refractivity contribution in [1.82, 2.24) is 19.5 Å². The van der Waals surface area contributed by atoms with Crippen molar-refractivity contribution >= 4 is 17.0 Å². The van der Waals surface area contributed by atoms with Gasteiger partial charge in [-0.1, -0.05) is 6.92 Å². The molecule has 0 radical (unpaired) electrons. The van der Waals surface area contributed by atoms with Gasteiger partial charge in [0.15, 0.2) is 11.5 Å². The summed E-state index contributed by atoms with van der Waals surface area (Å²) in [4.78, 5) is 23.0. The van der Waals surface area contributed by atoms with Gasteiger partial charge in [-0.25, -0.2) is 9.78 Å². The lowest BCUT2D eigenvalue weighted by molar-refractivity contribution is 0.281. The molecule has 1 atom stereocenters. The van der Waals surface area contributed by atoms with Crippen molar-refractivity contribution in [3.05, 3.63) is 16.8 Å². The highest BCUT2D eigenvalue weighted by molar-refractivity contribution is 5.82. The molecule has 1 unspecified atom stereocenters. The lowest BCUT2D eigenvalue weighted by atomic mass is 10.3. The average Bonchev–Trinajstić information content (AvgIpc) is 2.83. The average molecular weight is 251 g/mol. The van der Waals surface area contributed by atoms with Crippen LogP contribution in [0.4, 0.5) is 5.82 Å². The second-order valence-electron chi connectivity index (χ2n) is 4.22. The van der Waals surface area contributed by atoms with Crippen molar-refractivity contribution < 1.29 is 5.11 Å². The summed E-state index contributed by atoms with van der Waals surface area (Å²) in [5.74, 6) is 0.432. The van der Waals surface area contributed by atoms with E-state index >= 15 is 0 Å². The van der Waals surface area contributed by atoms with E-state index in [1.807, 2.05) is 6.92 Å². The Labute approximate surface area is 104 Å². The van der Waals surface area contributed by atoms with E-state index < -0.39 is 0 Å². The van der Waals surface area contributed by atoms with E-state index in [1.165, 1.54) is 6.33 Å². The standard InChI is InChI=1S/C11H17N5O2/c1-3-4-16-10-8(12-6-13-10)9(15-11(16)18)14-7(2)5-17/h6-7,17H,3-5H2,1-2H3,(H,12,13)(H,14,15,18). The fourth-order valence-corrected chi connectivity index (χ4v) is 1.78. The molecule has 2 rings (SSSR count). The number of hydrogen-bond donors (Lipinski definition) is 3. The minimum absolute atomic E-state index is 0.0324. The number of aryl methyl sites for hydroxylation is 1. The van der Waals surface area contributed by atoms with E-state index in [1.54, 1.807) is 11.5 Å². The van der Waals surface area contributed by atoms with E-state index in [4.69, 9.17) is 5.11 Å². The number of aromatic nitrogens is 4. The Balaban J connectivity index is 2.53. The summed E-state index contributed by atoms with van der Waals surface area (Å²) < 4.78 is 1.54. The highest BCUT2D eigenvalue weighted by Crippen LogP contribution is 2.16. The van der Waals surface area contributed by atoms with Crippen molar-refractivity contribution in [3.8, 4) is 0 Å². The van der Waals surface area contributed by atoms with Gasteiger partial charge in [0.25, 0.3) is 0 Å². The summed E-state index contributed by atoms with van der Waals surface area (Å²) in [6.45, 7) is 4.35. The second-order valence-corrected chi connectivity index (χ2v) is 4.22. The molecule has 7 nitrogen and oxygen atoms in total. The molecular weight excluding hydrogens is 234 g/mol. The van der Waals surface area contributed by atoms with Gasteiger partial charge in [0.1, 0.15) is 5.52 Å². The van der Waals surface area contributed by atoms with Crippen LogP contribution < -0.4 is 11.0 Å². The van der Waals surface area contributed by atoms with Crippen LogP contribution in [-0.4, -0.2) is 37.3 Å². The number of rotatable bonds is 5. The molecule has 0 saturated carbocycles. The lowest BCUT2D eigenvalue weighted by Crippen LogP contribution is -2.27. The van der Waals surface area contributed by atoms with Crippen LogP contribution >= 0.6 is 0 Å². The Morgan fingerprint density at radius 2 is 2.39 bits per heavy atom. The molecule has 0 bridgehead atoms. The second kappa shape index (κ2) is 5.18. The third-order valence-electron chi connectivity index (χ3n) is 2.65. The fourth-order valence-electron chi connectivity index (χ4n) is 1.78. The summed E-state index contributed by atoms with van der Waals surface area (Å²) >= 11 is 0. The largest absolute Gasteiger partial charge is 0.394 e. The highest BCUT2D eigenvalue weighted by Gasteiger charge is 2.13. The number of imidazole rings is 1. The predicted molar refractivity (Wildman–Crippen MR) is 68.6 cm³/mol. The zero-order chi connectivity index (χ0) is 13.1. The van der Waals surface area contributed by atoms with E-state index in [2.05, 4.69) is 20.3 Å². The maximum Gasteiger partial charge on any atom is 0.351 e. The maximum atomic E-state index is 11.9. The first kappa shape index (κ1) is 12.6. The summed E-state index contributed by atoms with van der Waals surface area (Å²) in [6.07, 6.45) is 2.37. The Morgan fingerprint density at radius 3 is 3.06 bits per heavy atom. The number of aliphatic hydroxyl groups excluding tert-OH is 1. The Hall–Kier alpha value is -1.89. The molecule has 0 aromatic carbocycles. The molecule has 2 aromatic heterocycles. The zero-order valence-corrected chi connectivity index (χ0v) is 10.5. The van der Waals surface area contributed by atoms with E-state index in [0.717, 1.165) is 6.42 Å². The van der Waals surface area contributed by atoms with Gasteiger partial charge in [-0.2, -0.15) is 4.98 Å². The third-order valence-corrected chi connectivity index (χ3v) is 2.65. The summed E-state index contributed by atoms with van der Waals surface area (Å²) in [6, 6.07) is -0.176. The van der Waals surface area contributed by atoms with Gasteiger partial charge in [0, 0.05) is 12.6 Å². The molecule has 7 heteroatoms. The monoisotopic (exact) mass is 251 g/mol. The first-order chi connectivity index (χ1) is 8.67. The number of fused-ring (bicyclic) bond motifs is 1. The van der Waals surface area contributed by atoms with E-state index in [-0.39, 0.29) is 18.3 Å². The van der Waals surface area contributed by atoms with Crippen LogP contribution in [0.1, 0.15) is 20.3 Å². The summed E-state index contributed by atoms with van der Waals surface area (Å²) in [7, 11) is 0. The Bertz CT molecular complexity index is 589. The summed E-state index contributed by atoms with van der Waals surface area (Å²) in [5, 5.41) is 12.0. The van der Waals surface area contributed by atoms with Crippen LogP contribution in [0.3, 0.4) is 0 Å². The van der Waals surface area contributed by atoms with Crippen LogP contribution in [0.5, 0.6) is 0 Å². The molecule has 0 fully saturated rings. The maximum absolute atomic E-state index is 11.9. The van der Waals surface area contributed by atoms with Gasteiger partial charge in [-0.15, -0.1) is 0 Å². The fraction of sp³-hybridized carbons (Fsp3) is 0.545. The van der Waals surface area contributed by atoms with Gasteiger partial charge in [-0.05, 0) is 13.3 Å². The Morgan fingerprint density at radius 1 is 1.61 bits per heavy atom. The van der Waals surface area contributed by atoms with Crippen molar-refractivity contribution in [2.45, 2.75) is 32.9 Å². The highest BCUT2D eigenvalue weighted by atomic mass is 16.3. The molecule has 98 valence electrons. The van der Waals surface area contributed by atoms with Gasteiger partial charge in [0.2, 0.25) is 0 Å². The SMILES string of the molecule is CCCn1c(=O)nc(NC(C)CO)c2[nH]cnc21. The van der Waals surface area contributed by atoms with Crippen molar-refractivity contribution in [2.24, 2.45) is 0 Å². The molecule has 2 aromatic rings. The van der Waals surface area contributed by atoms with Gasteiger partial charge >= 0.3 is 5.69 Å². The van der Waals surface area contributed by atoms with Crippen LogP contribution in [-0.2, 0) is 6.54 Å². The number of hydrogen-bond acceptors (Lipinski definition) is 5.